The molecule has 0 bridgehead atoms. The molecule has 7 nitrogen and oxygen atoms in total. The van der Waals surface area contributed by atoms with Gasteiger partial charge in [0, 0.05) is 30.2 Å². The van der Waals surface area contributed by atoms with Crippen molar-refractivity contribution in [2.75, 3.05) is 0 Å². The summed E-state index contributed by atoms with van der Waals surface area (Å²) in [5, 5.41) is 12.5. The molecule has 0 aliphatic rings. The van der Waals surface area contributed by atoms with Crippen molar-refractivity contribution in [3.63, 3.8) is 0 Å². The number of amides is 1. The fourth-order valence-corrected chi connectivity index (χ4v) is 4.53. The summed E-state index contributed by atoms with van der Waals surface area (Å²) in [7, 11) is 0. The molecule has 1 aromatic carbocycles. The Balaban J connectivity index is 2.00. The summed E-state index contributed by atoms with van der Waals surface area (Å²) < 4.78 is 1.46. The molecule has 2 aromatic heterocycles. The van der Waals surface area contributed by atoms with Gasteiger partial charge in [0.25, 0.3) is 5.56 Å². The Morgan fingerprint density at radius 2 is 1.67 bits per heavy atom. The second kappa shape index (κ2) is 11.3. The topological polar surface area (TPSA) is 101 Å². The van der Waals surface area contributed by atoms with Crippen LogP contribution in [0.25, 0.3) is 11.1 Å². The van der Waals surface area contributed by atoms with Crippen molar-refractivity contribution in [2.45, 2.75) is 66.5 Å². The molecule has 0 saturated heterocycles. The number of benzene rings is 1. The monoisotopic (exact) mass is 489 g/mol. The summed E-state index contributed by atoms with van der Waals surface area (Å²) >= 11 is 0. The lowest BCUT2D eigenvalue weighted by atomic mass is 9.94. The number of nitrogens with one attached hydrogen (secondary N) is 1. The van der Waals surface area contributed by atoms with E-state index in [0.717, 1.165) is 33.4 Å². The van der Waals surface area contributed by atoms with Crippen LogP contribution in [0.15, 0.2) is 53.7 Å². The van der Waals surface area contributed by atoms with Crippen LogP contribution in [0.4, 0.5) is 0 Å². The van der Waals surface area contributed by atoms with Crippen molar-refractivity contribution in [2.24, 2.45) is 5.92 Å². The van der Waals surface area contributed by atoms with Crippen molar-refractivity contribution in [3.05, 3.63) is 87.1 Å². The quantitative estimate of drug-likeness (QED) is 0.437. The first-order chi connectivity index (χ1) is 17.0. The largest absolute Gasteiger partial charge is 0.481 e. The Bertz CT molecular complexity index is 1310. The van der Waals surface area contributed by atoms with Crippen LogP contribution in [0, 0.1) is 33.6 Å². The second-order valence-corrected chi connectivity index (χ2v) is 9.96. The molecule has 3 aromatic rings. The Morgan fingerprint density at radius 1 is 1.00 bits per heavy atom. The summed E-state index contributed by atoms with van der Waals surface area (Å²) in [6.07, 6.45) is 5.17. The normalized spacial score (nSPS) is 12.9. The lowest BCUT2D eigenvalue weighted by Gasteiger charge is -2.25. The minimum absolute atomic E-state index is 0.140. The first-order valence-corrected chi connectivity index (χ1v) is 12.2. The molecule has 2 heterocycles. The highest BCUT2D eigenvalue weighted by Gasteiger charge is 2.27. The molecule has 1 amide bonds. The van der Waals surface area contributed by atoms with Crippen LogP contribution in [0.2, 0.25) is 0 Å². The molecule has 0 aliphatic heterocycles. The Hall–Kier alpha value is -3.74. The van der Waals surface area contributed by atoms with E-state index in [0.29, 0.717) is 12.0 Å². The summed E-state index contributed by atoms with van der Waals surface area (Å²) in [5.74, 6) is -1.29. The minimum atomic E-state index is -1.04. The smallest absolute Gasteiger partial charge is 0.305 e. The summed E-state index contributed by atoms with van der Waals surface area (Å²) in [6.45, 7) is 11.8. The third-order valence-electron chi connectivity index (χ3n) is 6.51. The van der Waals surface area contributed by atoms with Gasteiger partial charge in [0.05, 0.1) is 12.5 Å². The number of aryl methyl sites for hydroxylation is 4. The third-order valence-corrected chi connectivity index (χ3v) is 6.51. The highest BCUT2D eigenvalue weighted by atomic mass is 16.4. The molecular weight excluding hydrogens is 454 g/mol. The zero-order valence-electron chi connectivity index (χ0n) is 21.8. The van der Waals surface area contributed by atoms with E-state index in [9.17, 15) is 19.5 Å². The summed E-state index contributed by atoms with van der Waals surface area (Å²) in [6, 6.07) is 7.87. The average Bonchev–Trinajstić information content (AvgIpc) is 2.79. The Labute approximate surface area is 212 Å². The molecule has 36 heavy (non-hydrogen) atoms. The molecule has 0 radical (unpaired) electrons. The van der Waals surface area contributed by atoms with E-state index < -0.39 is 24.0 Å². The fourth-order valence-electron chi connectivity index (χ4n) is 4.53. The first-order valence-electron chi connectivity index (χ1n) is 12.2. The molecule has 0 unspecified atom stereocenters. The number of hydrogen-bond acceptors (Lipinski definition) is 4. The average molecular weight is 490 g/mol. The van der Waals surface area contributed by atoms with E-state index in [-0.39, 0.29) is 17.9 Å². The lowest BCUT2D eigenvalue weighted by molar-refractivity contribution is -0.138. The zero-order valence-corrected chi connectivity index (χ0v) is 21.8. The molecule has 0 spiro atoms. The van der Waals surface area contributed by atoms with Gasteiger partial charge < -0.3 is 15.0 Å². The van der Waals surface area contributed by atoms with Crippen molar-refractivity contribution >= 4 is 11.9 Å². The maximum Gasteiger partial charge on any atom is 0.305 e. The van der Waals surface area contributed by atoms with E-state index >= 15 is 0 Å². The van der Waals surface area contributed by atoms with Gasteiger partial charge in [-0.1, -0.05) is 32.0 Å². The molecule has 2 N–H and O–H groups in total. The summed E-state index contributed by atoms with van der Waals surface area (Å²) in [5.41, 5.74) is 6.16. The number of carboxylic acid groups (broad SMARTS) is 1. The van der Waals surface area contributed by atoms with Crippen LogP contribution in [-0.4, -0.2) is 26.5 Å². The van der Waals surface area contributed by atoms with Crippen LogP contribution >= 0.6 is 0 Å². The van der Waals surface area contributed by atoms with Gasteiger partial charge in [0.1, 0.15) is 6.04 Å². The van der Waals surface area contributed by atoms with Crippen LogP contribution in [0.5, 0.6) is 0 Å². The van der Waals surface area contributed by atoms with Gasteiger partial charge in [-0.15, -0.1) is 0 Å². The van der Waals surface area contributed by atoms with Crippen molar-refractivity contribution in [1.29, 1.82) is 0 Å². The van der Waals surface area contributed by atoms with Gasteiger partial charge in [-0.25, -0.2) is 0 Å². The second-order valence-electron chi connectivity index (χ2n) is 9.96. The van der Waals surface area contributed by atoms with Gasteiger partial charge in [0.2, 0.25) is 5.91 Å². The molecule has 0 saturated carbocycles. The third kappa shape index (κ3) is 6.27. The molecule has 2 atom stereocenters. The Kier molecular flexibility index (Phi) is 8.45. The Morgan fingerprint density at radius 3 is 2.28 bits per heavy atom. The van der Waals surface area contributed by atoms with Crippen molar-refractivity contribution in [3.8, 4) is 11.1 Å². The fraction of sp³-hybridized carbons (Fsp3) is 0.379. The molecule has 190 valence electrons. The number of nitrogens with zero attached hydrogens (tertiary/aromatic N) is 2. The lowest BCUT2D eigenvalue weighted by Crippen LogP contribution is -2.40. The van der Waals surface area contributed by atoms with Crippen molar-refractivity contribution < 1.29 is 14.7 Å². The van der Waals surface area contributed by atoms with E-state index in [2.05, 4.69) is 10.3 Å². The number of carbonyl (C=O) groups excluding carboxylic acids is 1. The van der Waals surface area contributed by atoms with E-state index in [1.807, 2.05) is 65.8 Å². The van der Waals surface area contributed by atoms with Gasteiger partial charge in [-0.3, -0.25) is 19.4 Å². The maximum atomic E-state index is 13.6. The number of rotatable bonds is 9. The number of pyridine rings is 2. The molecular formula is C29H35N3O4. The first kappa shape index (κ1) is 26.9. The standard InChI is InChI=1S/C29H35N3O4/c1-17(2)10-25(32-16-21(6)20(5)11-26(32)33)29(36)31-24(13-27(34)35)22-12-23(15-30-14-22)28-18(3)8-7-9-19(28)4/h7-9,11-12,14-17,24-25H,10,13H2,1-6H3,(H,31,36)(H,34,35)/t24-,25-/m1/s1. The van der Waals surface area contributed by atoms with Gasteiger partial charge in [-0.2, -0.15) is 0 Å². The van der Waals surface area contributed by atoms with Crippen LogP contribution < -0.4 is 10.9 Å². The zero-order chi connectivity index (χ0) is 26.6. The van der Waals surface area contributed by atoms with Gasteiger partial charge >= 0.3 is 5.97 Å². The van der Waals surface area contributed by atoms with Gasteiger partial charge in [0.15, 0.2) is 0 Å². The number of aliphatic carboxylic acids is 1. The highest BCUT2D eigenvalue weighted by Crippen LogP contribution is 2.29. The van der Waals surface area contributed by atoms with Crippen molar-refractivity contribution in [1.82, 2.24) is 14.9 Å². The number of hydrogen-bond donors (Lipinski definition) is 2. The molecule has 7 heteroatoms. The minimum Gasteiger partial charge on any atom is -0.481 e. The predicted molar refractivity (Wildman–Crippen MR) is 141 cm³/mol. The predicted octanol–water partition coefficient (Wildman–Crippen LogP) is 5.06. The molecule has 3 rings (SSSR count). The number of aromatic nitrogens is 2. The molecule has 0 aliphatic carbocycles. The van der Waals surface area contributed by atoms with E-state index in [1.165, 1.54) is 10.6 Å². The van der Waals surface area contributed by atoms with E-state index in [4.69, 9.17) is 0 Å². The van der Waals surface area contributed by atoms with Crippen LogP contribution in [0.1, 0.15) is 66.6 Å². The SMILES string of the molecule is Cc1cc(=O)n([C@H](CC(C)C)C(=O)N[C@H](CC(=O)O)c2cncc(-c3c(C)cccc3C)c2)cc1C. The van der Waals surface area contributed by atoms with Crippen LogP contribution in [-0.2, 0) is 9.59 Å². The van der Waals surface area contributed by atoms with E-state index in [1.54, 1.807) is 18.6 Å². The highest BCUT2D eigenvalue weighted by molar-refractivity contribution is 5.82. The van der Waals surface area contributed by atoms with Crippen LogP contribution in [0.3, 0.4) is 0 Å². The number of carbonyl (C=O) groups is 2. The number of carboxylic acids is 1. The van der Waals surface area contributed by atoms with Gasteiger partial charge in [-0.05, 0) is 79.5 Å². The maximum absolute atomic E-state index is 13.6. The summed E-state index contributed by atoms with van der Waals surface area (Å²) in [4.78, 5) is 42.5. The molecule has 0 fully saturated rings.